The van der Waals surface area contributed by atoms with E-state index in [-0.39, 0.29) is 18.0 Å². The Morgan fingerprint density at radius 2 is 2.19 bits per heavy atom. The van der Waals surface area contributed by atoms with Gasteiger partial charge >= 0.3 is 6.03 Å². The number of piperazine rings is 1. The van der Waals surface area contributed by atoms with Gasteiger partial charge in [0, 0.05) is 26.2 Å². The number of fused-ring (bicyclic) bond motifs is 1. The number of carbonyl (C=O) groups excluding carboxylic acids is 2. The molecule has 2 aliphatic rings. The van der Waals surface area contributed by atoms with Crippen LogP contribution < -0.4 is 11.1 Å². The third-order valence-corrected chi connectivity index (χ3v) is 3.07. The lowest BCUT2D eigenvalue weighted by molar-refractivity contribution is -0.137. The van der Waals surface area contributed by atoms with Gasteiger partial charge in [0.25, 0.3) is 0 Å². The minimum Gasteiger partial charge on any atom is -0.337 e. The predicted molar refractivity (Wildman–Crippen MR) is 58.7 cm³/mol. The van der Waals surface area contributed by atoms with Crippen molar-refractivity contribution in [3.8, 4) is 0 Å². The van der Waals surface area contributed by atoms with Crippen LogP contribution in [0.2, 0.25) is 0 Å². The van der Waals surface area contributed by atoms with Crippen molar-refractivity contribution in [3.63, 3.8) is 0 Å². The van der Waals surface area contributed by atoms with Gasteiger partial charge in [0.2, 0.25) is 5.91 Å². The lowest BCUT2D eigenvalue weighted by atomic mass is 10.0. The summed E-state index contributed by atoms with van der Waals surface area (Å²) < 4.78 is 0. The van der Waals surface area contributed by atoms with E-state index in [4.69, 9.17) is 5.73 Å². The quantitative estimate of drug-likeness (QED) is 0.599. The van der Waals surface area contributed by atoms with Crippen molar-refractivity contribution in [1.82, 2.24) is 15.1 Å². The number of nitrogens with one attached hydrogen (secondary N) is 1. The zero-order valence-corrected chi connectivity index (χ0v) is 9.69. The Labute approximate surface area is 94.7 Å². The lowest BCUT2D eigenvalue weighted by Crippen LogP contribution is -2.59. The van der Waals surface area contributed by atoms with Crippen molar-refractivity contribution in [2.24, 2.45) is 5.73 Å². The first-order chi connectivity index (χ1) is 7.39. The first kappa shape index (κ1) is 11.2. The maximum absolute atomic E-state index is 12.0. The molecule has 0 radical (unpaired) electrons. The molecule has 3 N–H and O–H groups in total. The molecule has 2 rings (SSSR count). The molecule has 1 unspecified atom stereocenters. The molecule has 90 valence electrons. The Hall–Kier alpha value is -1.30. The number of urea groups is 1. The number of hydrogen-bond acceptors (Lipinski definition) is 3. The SMILES string of the molecule is CC(C)(N)C(=O)N1CCN2C(=O)NCC2C1. The highest BCUT2D eigenvalue weighted by molar-refractivity contribution is 5.86. The molecular weight excluding hydrogens is 208 g/mol. The number of amides is 3. The van der Waals surface area contributed by atoms with Gasteiger partial charge in [-0.05, 0) is 13.8 Å². The molecule has 0 bridgehead atoms. The summed E-state index contributed by atoms with van der Waals surface area (Å²) in [6, 6.07) is 0.0802. The highest BCUT2D eigenvalue weighted by Gasteiger charge is 2.39. The third-order valence-electron chi connectivity index (χ3n) is 3.07. The van der Waals surface area contributed by atoms with E-state index in [1.54, 1.807) is 23.6 Å². The van der Waals surface area contributed by atoms with E-state index in [0.717, 1.165) is 0 Å². The number of hydrogen-bond donors (Lipinski definition) is 2. The first-order valence-corrected chi connectivity index (χ1v) is 5.52. The van der Waals surface area contributed by atoms with E-state index >= 15 is 0 Å². The number of carbonyl (C=O) groups is 2. The molecule has 3 amide bonds. The summed E-state index contributed by atoms with van der Waals surface area (Å²) in [5, 5.41) is 2.78. The summed E-state index contributed by atoms with van der Waals surface area (Å²) in [5.74, 6) is -0.0495. The van der Waals surface area contributed by atoms with Crippen molar-refractivity contribution in [3.05, 3.63) is 0 Å². The molecule has 2 saturated heterocycles. The lowest BCUT2D eigenvalue weighted by Gasteiger charge is -2.38. The Bertz CT molecular complexity index is 323. The molecule has 0 aliphatic carbocycles. The number of nitrogens with two attached hydrogens (primary N) is 1. The second-order valence-corrected chi connectivity index (χ2v) is 5.01. The molecule has 16 heavy (non-hydrogen) atoms. The zero-order valence-electron chi connectivity index (χ0n) is 9.69. The smallest absolute Gasteiger partial charge is 0.317 e. The van der Waals surface area contributed by atoms with Gasteiger partial charge in [-0.1, -0.05) is 0 Å². The van der Waals surface area contributed by atoms with Crippen LogP contribution >= 0.6 is 0 Å². The standard InChI is InChI=1S/C10H18N4O2/c1-10(2,11)8(15)13-3-4-14-7(6-13)5-12-9(14)16/h7H,3-6,11H2,1-2H3,(H,12,16). The van der Waals surface area contributed by atoms with Crippen LogP contribution in [0, 0.1) is 0 Å². The van der Waals surface area contributed by atoms with Crippen LogP contribution in [0.4, 0.5) is 4.79 Å². The highest BCUT2D eigenvalue weighted by Crippen LogP contribution is 2.16. The van der Waals surface area contributed by atoms with E-state index in [9.17, 15) is 9.59 Å². The van der Waals surface area contributed by atoms with Crippen LogP contribution in [0.15, 0.2) is 0 Å². The van der Waals surface area contributed by atoms with Gasteiger partial charge in [-0.2, -0.15) is 0 Å². The minimum absolute atomic E-state index is 0.0240. The zero-order chi connectivity index (χ0) is 11.9. The van der Waals surface area contributed by atoms with Gasteiger partial charge in [0.05, 0.1) is 11.6 Å². The average molecular weight is 226 g/mol. The molecule has 0 saturated carbocycles. The van der Waals surface area contributed by atoms with Gasteiger partial charge in [0.1, 0.15) is 0 Å². The largest absolute Gasteiger partial charge is 0.337 e. The van der Waals surface area contributed by atoms with Crippen LogP contribution in [0.25, 0.3) is 0 Å². The fraction of sp³-hybridized carbons (Fsp3) is 0.800. The molecule has 2 aliphatic heterocycles. The Morgan fingerprint density at radius 3 is 2.81 bits per heavy atom. The Kier molecular flexibility index (Phi) is 2.53. The molecule has 0 aromatic heterocycles. The van der Waals surface area contributed by atoms with Crippen LogP contribution in [0.5, 0.6) is 0 Å². The molecule has 0 aromatic carbocycles. The summed E-state index contributed by atoms with van der Waals surface area (Å²) >= 11 is 0. The summed E-state index contributed by atoms with van der Waals surface area (Å²) in [4.78, 5) is 26.9. The van der Waals surface area contributed by atoms with E-state index in [1.165, 1.54) is 0 Å². The monoisotopic (exact) mass is 226 g/mol. The van der Waals surface area contributed by atoms with E-state index in [0.29, 0.717) is 26.2 Å². The van der Waals surface area contributed by atoms with E-state index < -0.39 is 5.54 Å². The van der Waals surface area contributed by atoms with Crippen molar-refractivity contribution < 1.29 is 9.59 Å². The van der Waals surface area contributed by atoms with Gasteiger partial charge < -0.3 is 20.9 Å². The van der Waals surface area contributed by atoms with Crippen LogP contribution in [0.3, 0.4) is 0 Å². The van der Waals surface area contributed by atoms with E-state index in [2.05, 4.69) is 5.32 Å². The van der Waals surface area contributed by atoms with Crippen LogP contribution in [-0.4, -0.2) is 59.5 Å². The first-order valence-electron chi connectivity index (χ1n) is 5.52. The van der Waals surface area contributed by atoms with Gasteiger partial charge in [-0.15, -0.1) is 0 Å². The average Bonchev–Trinajstić information content (AvgIpc) is 2.57. The summed E-state index contributed by atoms with van der Waals surface area (Å²) in [7, 11) is 0. The second kappa shape index (κ2) is 3.62. The Morgan fingerprint density at radius 1 is 1.50 bits per heavy atom. The molecule has 0 spiro atoms. The number of rotatable bonds is 1. The van der Waals surface area contributed by atoms with Crippen molar-refractivity contribution in [2.45, 2.75) is 25.4 Å². The summed E-state index contributed by atoms with van der Waals surface area (Å²) in [6.45, 7) is 5.78. The van der Waals surface area contributed by atoms with Crippen LogP contribution in [-0.2, 0) is 4.79 Å². The van der Waals surface area contributed by atoms with E-state index in [1.807, 2.05) is 0 Å². The topological polar surface area (TPSA) is 78.7 Å². The van der Waals surface area contributed by atoms with Gasteiger partial charge in [0.15, 0.2) is 0 Å². The molecule has 2 heterocycles. The summed E-state index contributed by atoms with van der Waals surface area (Å²) in [6.07, 6.45) is 0. The van der Waals surface area contributed by atoms with Gasteiger partial charge in [-0.3, -0.25) is 4.79 Å². The minimum atomic E-state index is -0.835. The fourth-order valence-electron chi connectivity index (χ4n) is 2.20. The second-order valence-electron chi connectivity index (χ2n) is 5.01. The third kappa shape index (κ3) is 1.84. The van der Waals surface area contributed by atoms with Crippen molar-refractivity contribution in [1.29, 1.82) is 0 Å². The van der Waals surface area contributed by atoms with Gasteiger partial charge in [-0.25, -0.2) is 4.79 Å². The normalized spacial score (nSPS) is 25.4. The maximum Gasteiger partial charge on any atom is 0.317 e. The van der Waals surface area contributed by atoms with Crippen molar-refractivity contribution >= 4 is 11.9 Å². The maximum atomic E-state index is 12.0. The fourth-order valence-corrected chi connectivity index (χ4v) is 2.20. The number of nitrogens with zero attached hydrogens (tertiary/aromatic N) is 2. The highest BCUT2D eigenvalue weighted by atomic mass is 16.2. The summed E-state index contributed by atoms with van der Waals surface area (Å²) in [5.41, 5.74) is 4.95. The predicted octanol–water partition coefficient (Wildman–Crippen LogP) is -1.04. The molecule has 0 aromatic rings. The molecule has 6 nitrogen and oxygen atoms in total. The molecule has 6 heteroatoms. The molecule has 2 fully saturated rings. The molecule has 1 atom stereocenters. The van der Waals surface area contributed by atoms with Crippen molar-refractivity contribution in [2.75, 3.05) is 26.2 Å². The molecular formula is C10H18N4O2. The Balaban J connectivity index is 2.02. The van der Waals surface area contributed by atoms with Crippen LogP contribution in [0.1, 0.15) is 13.8 Å².